The standard InChI is InChI=1S/C9H20N2O/c1-4-8(3)6-11-9(12)7-10-5-2/h8,10H,4-7H2,1-3H3,(H,11,12). The van der Waals surface area contributed by atoms with Gasteiger partial charge in [-0.05, 0) is 12.5 Å². The lowest BCUT2D eigenvalue weighted by atomic mass is 10.1. The lowest BCUT2D eigenvalue weighted by Crippen LogP contribution is -2.35. The van der Waals surface area contributed by atoms with Crippen LogP contribution in [-0.4, -0.2) is 25.5 Å². The lowest BCUT2D eigenvalue weighted by Gasteiger charge is -2.09. The Kier molecular flexibility index (Phi) is 6.76. The van der Waals surface area contributed by atoms with Gasteiger partial charge in [-0.15, -0.1) is 0 Å². The first-order valence-corrected chi connectivity index (χ1v) is 4.68. The molecule has 0 rings (SSSR count). The molecule has 0 radical (unpaired) electrons. The monoisotopic (exact) mass is 172 g/mol. The van der Waals surface area contributed by atoms with Crippen LogP contribution in [0.5, 0.6) is 0 Å². The molecular formula is C9H20N2O. The van der Waals surface area contributed by atoms with Crippen LogP contribution in [0.1, 0.15) is 27.2 Å². The first-order chi connectivity index (χ1) is 5.70. The van der Waals surface area contributed by atoms with Gasteiger partial charge in [-0.3, -0.25) is 4.79 Å². The number of amides is 1. The summed E-state index contributed by atoms with van der Waals surface area (Å²) < 4.78 is 0. The van der Waals surface area contributed by atoms with Crippen molar-refractivity contribution < 1.29 is 4.79 Å². The van der Waals surface area contributed by atoms with Crippen LogP contribution >= 0.6 is 0 Å². The van der Waals surface area contributed by atoms with E-state index in [2.05, 4.69) is 24.5 Å². The summed E-state index contributed by atoms with van der Waals surface area (Å²) in [6, 6.07) is 0. The highest BCUT2D eigenvalue weighted by Gasteiger charge is 2.01. The Morgan fingerprint density at radius 3 is 2.58 bits per heavy atom. The molecule has 0 aromatic rings. The van der Waals surface area contributed by atoms with Crippen molar-refractivity contribution in [3.05, 3.63) is 0 Å². The Morgan fingerprint density at radius 1 is 1.42 bits per heavy atom. The highest BCUT2D eigenvalue weighted by Crippen LogP contribution is 1.96. The van der Waals surface area contributed by atoms with Gasteiger partial charge in [0.15, 0.2) is 0 Å². The summed E-state index contributed by atoms with van der Waals surface area (Å²) in [5, 5.41) is 5.84. The zero-order valence-corrected chi connectivity index (χ0v) is 8.31. The van der Waals surface area contributed by atoms with Gasteiger partial charge < -0.3 is 10.6 Å². The molecule has 3 nitrogen and oxygen atoms in total. The van der Waals surface area contributed by atoms with Crippen molar-refractivity contribution in [3.63, 3.8) is 0 Å². The molecule has 0 heterocycles. The van der Waals surface area contributed by atoms with Crippen LogP contribution in [0.15, 0.2) is 0 Å². The van der Waals surface area contributed by atoms with Crippen molar-refractivity contribution in [2.24, 2.45) is 5.92 Å². The molecule has 0 saturated heterocycles. The van der Waals surface area contributed by atoms with E-state index in [0.717, 1.165) is 19.5 Å². The summed E-state index contributed by atoms with van der Waals surface area (Å²) in [5.41, 5.74) is 0. The summed E-state index contributed by atoms with van der Waals surface area (Å²) >= 11 is 0. The molecule has 12 heavy (non-hydrogen) atoms. The molecule has 0 aromatic carbocycles. The van der Waals surface area contributed by atoms with Gasteiger partial charge in [0.2, 0.25) is 5.91 Å². The maximum Gasteiger partial charge on any atom is 0.233 e. The maximum atomic E-state index is 11.0. The fourth-order valence-corrected chi connectivity index (χ4v) is 0.733. The van der Waals surface area contributed by atoms with E-state index in [0.29, 0.717) is 12.5 Å². The van der Waals surface area contributed by atoms with Crippen molar-refractivity contribution in [2.75, 3.05) is 19.6 Å². The van der Waals surface area contributed by atoms with E-state index < -0.39 is 0 Å². The normalized spacial score (nSPS) is 12.6. The number of likely N-dealkylation sites (N-methyl/N-ethyl adjacent to an activating group) is 1. The molecule has 0 aromatic heterocycles. The molecule has 1 atom stereocenters. The zero-order chi connectivity index (χ0) is 9.40. The van der Waals surface area contributed by atoms with Gasteiger partial charge in [0.05, 0.1) is 6.54 Å². The van der Waals surface area contributed by atoms with Gasteiger partial charge in [0.25, 0.3) is 0 Å². The SMILES string of the molecule is CCNCC(=O)NCC(C)CC. The number of carbonyl (C=O) groups excluding carboxylic acids is 1. The van der Waals surface area contributed by atoms with E-state index in [1.807, 2.05) is 6.92 Å². The molecule has 1 unspecified atom stereocenters. The molecule has 0 fully saturated rings. The van der Waals surface area contributed by atoms with Crippen LogP contribution in [0.3, 0.4) is 0 Å². The van der Waals surface area contributed by atoms with E-state index in [1.54, 1.807) is 0 Å². The fraction of sp³-hybridized carbons (Fsp3) is 0.889. The van der Waals surface area contributed by atoms with Crippen LogP contribution in [0.25, 0.3) is 0 Å². The Labute approximate surface area is 74.9 Å². The van der Waals surface area contributed by atoms with Gasteiger partial charge in [-0.1, -0.05) is 27.2 Å². The van der Waals surface area contributed by atoms with Crippen molar-refractivity contribution >= 4 is 5.91 Å². The van der Waals surface area contributed by atoms with E-state index in [-0.39, 0.29) is 5.91 Å². The fourth-order valence-electron chi connectivity index (χ4n) is 0.733. The van der Waals surface area contributed by atoms with Gasteiger partial charge in [-0.2, -0.15) is 0 Å². The Hall–Kier alpha value is -0.570. The van der Waals surface area contributed by atoms with Crippen LogP contribution in [-0.2, 0) is 4.79 Å². The minimum atomic E-state index is 0.0946. The minimum Gasteiger partial charge on any atom is -0.355 e. The molecule has 0 bridgehead atoms. The van der Waals surface area contributed by atoms with Crippen LogP contribution in [0, 0.1) is 5.92 Å². The summed E-state index contributed by atoms with van der Waals surface area (Å²) in [7, 11) is 0. The Morgan fingerprint density at radius 2 is 2.08 bits per heavy atom. The van der Waals surface area contributed by atoms with Crippen LogP contribution in [0.2, 0.25) is 0 Å². The number of hydrogen-bond donors (Lipinski definition) is 2. The van der Waals surface area contributed by atoms with Gasteiger partial charge in [-0.25, -0.2) is 0 Å². The highest BCUT2D eigenvalue weighted by atomic mass is 16.1. The number of carbonyl (C=O) groups is 1. The predicted molar refractivity (Wildman–Crippen MR) is 51.0 cm³/mol. The highest BCUT2D eigenvalue weighted by molar-refractivity contribution is 5.77. The average Bonchev–Trinajstić information content (AvgIpc) is 2.10. The Balaban J connectivity index is 3.31. The molecule has 0 aliphatic carbocycles. The molecule has 0 saturated carbocycles. The third-order valence-electron chi connectivity index (χ3n) is 1.88. The van der Waals surface area contributed by atoms with Crippen LogP contribution in [0.4, 0.5) is 0 Å². The van der Waals surface area contributed by atoms with E-state index in [1.165, 1.54) is 0 Å². The molecule has 3 heteroatoms. The first-order valence-electron chi connectivity index (χ1n) is 4.68. The molecule has 1 amide bonds. The summed E-state index contributed by atoms with van der Waals surface area (Å²) in [6.45, 7) is 8.32. The third-order valence-corrected chi connectivity index (χ3v) is 1.88. The maximum absolute atomic E-state index is 11.0. The molecule has 72 valence electrons. The first kappa shape index (κ1) is 11.4. The molecular weight excluding hydrogens is 152 g/mol. The predicted octanol–water partition coefficient (Wildman–Crippen LogP) is 0.758. The third kappa shape index (κ3) is 6.16. The van der Waals surface area contributed by atoms with Crippen molar-refractivity contribution in [2.45, 2.75) is 27.2 Å². The van der Waals surface area contributed by atoms with E-state index in [4.69, 9.17) is 0 Å². The molecule has 2 N–H and O–H groups in total. The van der Waals surface area contributed by atoms with E-state index in [9.17, 15) is 4.79 Å². The number of rotatable bonds is 6. The second-order valence-electron chi connectivity index (χ2n) is 3.10. The van der Waals surface area contributed by atoms with Crippen molar-refractivity contribution in [1.82, 2.24) is 10.6 Å². The summed E-state index contributed by atoms with van der Waals surface area (Å²) in [4.78, 5) is 11.0. The number of hydrogen-bond acceptors (Lipinski definition) is 2. The van der Waals surface area contributed by atoms with Crippen molar-refractivity contribution in [1.29, 1.82) is 0 Å². The van der Waals surface area contributed by atoms with Gasteiger partial charge in [0.1, 0.15) is 0 Å². The van der Waals surface area contributed by atoms with Gasteiger partial charge in [0, 0.05) is 6.54 Å². The van der Waals surface area contributed by atoms with Gasteiger partial charge >= 0.3 is 0 Å². The van der Waals surface area contributed by atoms with Crippen molar-refractivity contribution in [3.8, 4) is 0 Å². The second-order valence-corrected chi connectivity index (χ2v) is 3.10. The average molecular weight is 172 g/mol. The second kappa shape index (κ2) is 7.10. The smallest absolute Gasteiger partial charge is 0.233 e. The largest absolute Gasteiger partial charge is 0.355 e. The quantitative estimate of drug-likeness (QED) is 0.621. The summed E-state index contributed by atoms with van der Waals surface area (Å²) in [5.74, 6) is 0.674. The topological polar surface area (TPSA) is 41.1 Å². The zero-order valence-electron chi connectivity index (χ0n) is 8.31. The van der Waals surface area contributed by atoms with Crippen LogP contribution < -0.4 is 10.6 Å². The molecule has 0 spiro atoms. The number of nitrogens with one attached hydrogen (secondary N) is 2. The minimum absolute atomic E-state index is 0.0946. The molecule has 0 aliphatic rings. The summed E-state index contributed by atoms with van der Waals surface area (Å²) in [6.07, 6.45) is 1.11. The van der Waals surface area contributed by atoms with E-state index >= 15 is 0 Å². The molecule has 0 aliphatic heterocycles. The Bertz CT molecular complexity index is 126. The lowest BCUT2D eigenvalue weighted by molar-refractivity contribution is -0.120.